The molecule has 0 saturated heterocycles. The predicted octanol–water partition coefficient (Wildman–Crippen LogP) is 4.58. The van der Waals surface area contributed by atoms with Gasteiger partial charge in [0.05, 0.1) is 0 Å². The van der Waals surface area contributed by atoms with Crippen molar-refractivity contribution in [3.05, 3.63) is 57.9 Å². The first-order valence-corrected chi connectivity index (χ1v) is 5.92. The molecule has 3 heteroatoms. The molecule has 2 aromatic carbocycles. The van der Waals surface area contributed by atoms with Crippen molar-refractivity contribution in [2.45, 2.75) is 13.8 Å². The summed E-state index contributed by atoms with van der Waals surface area (Å²) in [5, 5.41) is 0.489. The van der Waals surface area contributed by atoms with Gasteiger partial charge in [0.15, 0.2) is 0 Å². The monoisotopic (exact) mass is 262 g/mol. The van der Waals surface area contributed by atoms with E-state index in [0.29, 0.717) is 16.1 Å². The second kappa shape index (κ2) is 4.91. The van der Waals surface area contributed by atoms with E-state index in [-0.39, 0.29) is 5.82 Å². The topological polar surface area (TPSA) is 17.1 Å². The largest absolute Gasteiger partial charge is 0.298 e. The number of halogens is 2. The lowest BCUT2D eigenvalue weighted by molar-refractivity contribution is 0.112. The first kappa shape index (κ1) is 12.8. The number of benzene rings is 2. The molecule has 0 saturated carbocycles. The fraction of sp³-hybridized carbons (Fsp3) is 0.133. The average molecular weight is 263 g/mol. The Balaban J connectivity index is 2.67. The van der Waals surface area contributed by atoms with Crippen molar-refractivity contribution in [2.75, 3.05) is 0 Å². The zero-order valence-electron chi connectivity index (χ0n) is 10.1. The third-order valence-electron chi connectivity index (χ3n) is 2.96. The standard InChI is InChI=1S/C15H12ClFO/c1-9-6-13(10(2)5-11(9)8-18)14-7-12(16)3-4-15(14)17/h3-8H,1-2H3. The quantitative estimate of drug-likeness (QED) is 0.724. The number of aryl methyl sites for hydroxylation is 2. The van der Waals surface area contributed by atoms with Crippen LogP contribution in [0.2, 0.25) is 5.02 Å². The first-order chi connectivity index (χ1) is 8.52. The van der Waals surface area contributed by atoms with Gasteiger partial charge >= 0.3 is 0 Å². The second-order valence-corrected chi connectivity index (χ2v) is 4.70. The van der Waals surface area contributed by atoms with Crippen LogP contribution in [0.4, 0.5) is 4.39 Å². The van der Waals surface area contributed by atoms with Gasteiger partial charge in [-0.1, -0.05) is 17.7 Å². The number of aldehydes is 1. The molecule has 92 valence electrons. The molecule has 0 aliphatic carbocycles. The summed E-state index contributed by atoms with van der Waals surface area (Å²) < 4.78 is 13.8. The summed E-state index contributed by atoms with van der Waals surface area (Å²) in [7, 11) is 0. The van der Waals surface area contributed by atoms with Crippen LogP contribution in [0.5, 0.6) is 0 Å². The Morgan fingerprint density at radius 3 is 2.44 bits per heavy atom. The Labute approximate surface area is 110 Å². The molecular formula is C15H12ClFO. The third kappa shape index (κ3) is 2.29. The highest BCUT2D eigenvalue weighted by Gasteiger charge is 2.10. The molecule has 2 rings (SSSR count). The van der Waals surface area contributed by atoms with Crippen molar-refractivity contribution >= 4 is 17.9 Å². The van der Waals surface area contributed by atoms with E-state index in [2.05, 4.69) is 0 Å². The van der Waals surface area contributed by atoms with Crippen LogP contribution in [0.1, 0.15) is 21.5 Å². The Hall–Kier alpha value is -1.67. The van der Waals surface area contributed by atoms with E-state index in [1.165, 1.54) is 12.1 Å². The Kier molecular flexibility index (Phi) is 3.48. The molecular weight excluding hydrogens is 251 g/mol. The van der Waals surface area contributed by atoms with E-state index >= 15 is 0 Å². The summed E-state index contributed by atoms with van der Waals surface area (Å²) in [5.74, 6) is -0.319. The number of carbonyl (C=O) groups is 1. The van der Waals surface area contributed by atoms with Gasteiger partial charge in [-0.3, -0.25) is 4.79 Å². The van der Waals surface area contributed by atoms with Crippen molar-refractivity contribution in [2.24, 2.45) is 0 Å². The summed E-state index contributed by atoms with van der Waals surface area (Å²) in [6.45, 7) is 3.68. The Morgan fingerprint density at radius 1 is 1.06 bits per heavy atom. The molecule has 0 atom stereocenters. The van der Waals surface area contributed by atoms with E-state index in [9.17, 15) is 9.18 Å². The van der Waals surface area contributed by atoms with E-state index in [4.69, 9.17) is 11.6 Å². The summed E-state index contributed by atoms with van der Waals surface area (Å²) in [6, 6.07) is 8.04. The summed E-state index contributed by atoms with van der Waals surface area (Å²) in [4.78, 5) is 10.9. The zero-order chi connectivity index (χ0) is 13.3. The smallest absolute Gasteiger partial charge is 0.150 e. The minimum Gasteiger partial charge on any atom is -0.298 e. The second-order valence-electron chi connectivity index (χ2n) is 4.27. The lowest BCUT2D eigenvalue weighted by atomic mass is 9.95. The fourth-order valence-electron chi connectivity index (χ4n) is 1.96. The number of hydrogen-bond acceptors (Lipinski definition) is 1. The van der Waals surface area contributed by atoms with Gasteiger partial charge in [-0.15, -0.1) is 0 Å². The highest BCUT2D eigenvalue weighted by Crippen LogP contribution is 2.30. The van der Waals surface area contributed by atoms with Crippen LogP contribution >= 0.6 is 11.6 Å². The van der Waals surface area contributed by atoms with Crippen LogP contribution in [-0.4, -0.2) is 6.29 Å². The van der Waals surface area contributed by atoms with Crippen molar-refractivity contribution in [1.82, 2.24) is 0 Å². The summed E-state index contributed by atoms with van der Waals surface area (Å²) in [5.41, 5.74) is 3.52. The molecule has 0 bridgehead atoms. The van der Waals surface area contributed by atoms with E-state index < -0.39 is 0 Å². The molecule has 0 amide bonds. The normalized spacial score (nSPS) is 10.4. The molecule has 18 heavy (non-hydrogen) atoms. The predicted molar refractivity (Wildman–Crippen MR) is 71.7 cm³/mol. The average Bonchev–Trinajstić information content (AvgIpc) is 2.35. The maximum Gasteiger partial charge on any atom is 0.150 e. The van der Waals surface area contributed by atoms with Gasteiger partial charge < -0.3 is 0 Å². The minimum atomic E-state index is -0.319. The van der Waals surface area contributed by atoms with Gasteiger partial charge in [-0.05, 0) is 54.8 Å². The molecule has 0 heterocycles. The van der Waals surface area contributed by atoms with Crippen LogP contribution in [-0.2, 0) is 0 Å². The van der Waals surface area contributed by atoms with Crippen molar-refractivity contribution in [3.63, 3.8) is 0 Å². The van der Waals surface area contributed by atoms with Gasteiger partial charge in [-0.25, -0.2) is 4.39 Å². The maximum atomic E-state index is 13.8. The lowest BCUT2D eigenvalue weighted by Gasteiger charge is -2.10. The summed E-state index contributed by atoms with van der Waals surface area (Å²) in [6.07, 6.45) is 0.806. The number of rotatable bonds is 2. The van der Waals surface area contributed by atoms with Crippen LogP contribution in [0.15, 0.2) is 30.3 Å². The molecule has 0 N–H and O–H groups in total. The van der Waals surface area contributed by atoms with Crippen molar-refractivity contribution in [1.29, 1.82) is 0 Å². The van der Waals surface area contributed by atoms with Gasteiger partial charge in [0.1, 0.15) is 12.1 Å². The molecule has 0 aromatic heterocycles. The zero-order valence-corrected chi connectivity index (χ0v) is 10.9. The third-order valence-corrected chi connectivity index (χ3v) is 3.19. The molecule has 0 aliphatic heterocycles. The molecule has 2 aromatic rings. The van der Waals surface area contributed by atoms with Crippen LogP contribution in [0.25, 0.3) is 11.1 Å². The SMILES string of the molecule is Cc1cc(-c2cc(Cl)ccc2F)c(C)cc1C=O. The van der Waals surface area contributed by atoms with Crippen LogP contribution < -0.4 is 0 Å². The first-order valence-electron chi connectivity index (χ1n) is 5.55. The number of carbonyl (C=O) groups excluding carboxylic acids is 1. The van der Waals surface area contributed by atoms with Crippen molar-refractivity contribution in [3.8, 4) is 11.1 Å². The highest BCUT2D eigenvalue weighted by atomic mass is 35.5. The highest BCUT2D eigenvalue weighted by molar-refractivity contribution is 6.30. The van der Waals surface area contributed by atoms with Gasteiger partial charge in [-0.2, -0.15) is 0 Å². The summed E-state index contributed by atoms with van der Waals surface area (Å²) >= 11 is 5.89. The molecule has 1 nitrogen and oxygen atoms in total. The van der Waals surface area contributed by atoms with E-state index in [1.807, 2.05) is 19.9 Å². The van der Waals surface area contributed by atoms with Crippen LogP contribution in [0.3, 0.4) is 0 Å². The number of hydrogen-bond donors (Lipinski definition) is 0. The fourth-order valence-corrected chi connectivity index (χ4v) is 2.13. The minimum absolute atomic E-state index is 0.319. The molecule has 0 unspecified atom stereocenters. The van der Waals surface area contributed by atoms with E-state index in [1.54, 1.807) is 12.1 Å². The Morgan fingerprint density at radius 2 is 1.78 bits per heavy atom. The van der Waals surface area contributed by atoms with Crippen molar-refractivity contribution < 1.29 is 9.18 Å². The van der Waals surface area contributed by atoms with Gasteiger partial charge in [0, 0.05) is 16.1 Å². The van der Waals surface area contributed by atoms with Crippen LogP contribution in [0, 0.1) is 19.7 Å². The molecule has 0 fully saturated rings. The Bertz CT molecular complexity index is 620. The van der Waals surface area contributed by atoms with Gasteiger partial charge in [0.25, 0.3) is 0 Å². The van der Waals surface area contributed by atoms with Gasteiger partial charge in [0.2, 0.25) is 0 Å². The van der Waals surface area contributed by atoms with E-state index in [0.717, 1.165) is 23.0 Å². The molecule has 0 spiro atoms. The molecule has 0 aliphatic rings. The lowest BCUT2D eigenvalue weighted by Crippen LogP contribution is -1.93. The maximum absolute atomic E-state index is 13.8. The molecule has 0 radical (unpaired) electrons.